The highest BCUT2D eigenvalue weighted by Crippen LogP contribution is 2.42. The number of carboxylic acids is 1. The molecule has 3 aromatic heterocycles. The number of rotatable bonds is 8. The Morgan fingerprint density at radius 2 is 1.92 bits per heavy atom. The molecule has 1 saturated heterocycles. The van der Waals surface area contributed by atoms with E-state index in [1.165, 1.54) is 18.3 Å². The quantitative estimate of drug-likeness (QED) is 0.322. The first-order chi connectivity index (χ1) is 18.7. The van der Waals surface area contributed by atoms with Gasteiger partial charge in [-0.15, -0.1) is 0 Å². The van der Waals surface area contributed by atoms with Gasteiger partial charge in [0.25, 0.3) is 5.89 Å². The van der Waals surface area contributed by atoms with Gasteiger partial charge in [0.05, 0.1) is 11.8 Å². The Morgan fingerprint density at radius 1 is 1.13 bits per heavy atom. The number of aromatic nitrogens is 4. The van der Waals surface area contributed by atoms with E-state index in [1.807, 2.05) is 0 Å². The smallest absolute Gasteiger partial charge is 0.422 e. The lowest BCUT2D eigenvalue weighted by atomic mass is 9.94. The molecular formula is C26H24F3N5O5. The first-order valence-corrected chi connectivity index (χ1v) is 12.2. The number of alkyl halides is 3. The molecule has 1 aromatic carbocycles. The summed E-state index contributed by atoms with van der Waals surface area (Å²) in [6.07, 6.45) is -2.46. The number of piperidine rings is 1. The molecule has 13 heteroatoms. The van der Waals surface area contributed by atoms with Gasteiger partial charge in [-0.25, -0.2) is 0 Å². The zero-order valence-corrected chi connectivity index (χ0v) is 20.5. The van der Waals surface area contributed by atoms with Crippen LogP contribution >= 0.6 is 0 Å². The fraction of sp³-hybridized carbons (Fsp3) is 0.346. The molecule has 0 aliphatic carbocycles. The summed E-state index contributed by atoms with van der Waals surface area (Å²) in [6, 6.07) is 11.1. The van der Waals surface area contributed by atoms with E-state index >= 15 is 0 Å². The molecule has 39 heavy (non-hydrogen) atoms. The number of hydrogen-bond donors (Lipinski definition) is 2. The van der Waals surface area contributed by atoms with Crippen LogP contribution in [0.4, 0.5) is 13.2 Å². The van der Waals surface area contributed by atoms with Crippen LogP contribution in [-0.2, 0) is 11.0 Å². The molecule has 0 amide bonds. The molecule has 2 N–H and O–H groups in total. The normalized spacial score (nSPS) is 17.3. The van der Waals surface area contributed by atoms with E-state index in [0.717, 1.165) is 19.4 Å². The lowest BCUT2D eigenvalue weighted by molar-refractivity contribution is -0.139. The molecular weight excluding hydrogens is 519 g/mol. The number of β-amino-alcohol motifs (C(OH)–C–C–N with tert-alkyl or cyclic N) is 1. The van der Waals surface area contributed by atoms with Crippen molar-refractivity contribution in [3.8, 4) is 34.4 Å². The number of benzene rings is 1. The average molecular weight is 544 g/mol. The molecule has 1 fully saturated rings. The second-order valence-electron chi connectivity index (χ2n) is 9.37. The SMILES string of the molecule is O=C(O)C[C@H]1CCCN(C[C@@H](O)c2ccc(-c3noc(-c4onc(-c5ccccn5)c4C(F)(F)F)n3)cc2)C1. The van der Waals surface area contributed by atoms with Gasteiger partial charge in [0.15, 0.2) is 0 Å². The molecule has 0 spiro atoms. The van der Waals surface area contributed by atoms with Crippen LogP contribution in [-0.4, -0.2) is 61.0 Å². The number of halogens is 3. The fourth-order valence-corrected chi connectivity index (χ4v) is 4.74. The van der Waals surface area contributed by atoms with Crippen molar-refractivity contribution in [2.45, 2.75) is 31.5 Å². The number of nitrogens with zero attached hydrogens (tertiary/aromatic N) is 5. The molecule has 204 valence electrons. The monoisotopic (exact) mass is 543 g/mol. The van der Waals surface area contributed by atoms with Gasteiger partial charge in [-0.1, -0.05) is 40.6 Å². The van der Waals surface area contributed by atoms with E-state index in [0.29, 0.717) is 24.2 Å². The van der Waals surface area contributed by atoms with Gasteiger partial charge in [-0.2, -0.15) is 18.2 Å². The molecule has 4 aromatic rings. The van der Waals surface area contributed by atoms with Crippen LogP contribution in [0.5, 0.6) is 0 Å². The van der Waals surface area contributed by atoms with E-state index in [4.69, 9.17) is 14.2 Å². The topological polar surface area (TPSA) is 139 Å². The summed E-state index contributed by atoms with van der Waals surface area (Å²) < 4.78 is 51.9. The van der Waals surface area contributed by atoms with Crippen LogP contribution in [0.3, 0.4) is 0 Å². The maximum absolute atomic E-state index is 13.9. The van der Waals surface area contributed by atoms with Gasteiger partial charge in [-0.05, 0) is 43.0 Å². The van der Waals surface area contributed by atoms with E-state index in [9.17, 15) is 23.1 Å². The zero-order valence-electron chi connectivity index (χ0n) is 20.5. The number of aliphatic hydroxyl groups is 1. The van der Waals surface area contributed by atoms with Crippen LogP contribution in [0.2, 0.25) is 0 Å². The predicted molar refractivity (Wildman–Crippen MR) is 130 cm³/mol. The van der Waals surface area contributed by atoms with Crippen LogP contribution in [0.1, 0.15) is 36.5 Å². The Kier molecular flexibility index (Phi) is 7.44. The molecule has 0 saturated carbocycles. The number of likely N-dealkylation sites (tertiary alicyclic amines) is 1. The van der Waals surface area contributed by atoms with Crippen molar-refractivity contribution in [3.63, 3.8) is 0 Å². The second-order valence-corrected chi connectivity index (χ2v) is 9.37. The molecule has 0 bridgehead atoms. The molecule has 0 radical (unpaired) electrons. The summed E-state index contributed by atoms with van der Waals surface area (Å²) in [6.45, 7) is 1.74. The van der Waals surface area contributed by atoms with Crippen molar-refractivity contribution in [2.24, 2.45) is 5.92 Å². The fourth-order valence-electron chi connectivity index (χ4n) is 4.74. The Hall–Kier alpha value is -4.10. The van der Waals surface area contributed by atoms with Crippen LogP contribution in [0.25, 0.3) is 34.4 Å². The zero-order chi connectivity index (χ0) is 27.6. The minimum atomic E-state index is -4.82. The van der Waals surface area contributed by atoms with E-state index in [-0.39, 0.29) is 23.9 Å². The standard InChI is InChI=1S/C26H24F3N5O5/c27-26(28,29)21-22(18-5-1-2-10-30-18)32-38-23(21)25-31-24(33-39-25)17-8-6-16(7-9-17)19(35)14-34-11-3-4-15(13-34)12-20(36)37/h1-2,5-10,15,19,35H,3-4,11-14H2,(H,36,37)/t15-,19-/m1/s1. The number of aliphatic carboxylic acids is 1. The summed E-state index contributed by atoms with van der Waals surface area (Å²) in [5.41, 5.74) is -0.594. The minimum absolute atomic E-state index is 0.0179. The van der Waals surface area contributed by atoms with Gasteiger partial charge >= 0.3 is 12.1 Å². The second kappa shape index (κ2) is 10.9. The number of carboxylic acid groups (broad SMARTS) is 1. The van der Waals surface area contributed by atoms with Crippen molar-refractivity contribution in [1.29, 1.82) is 0 Å². The number of pyridine rings is 1. The molecule has 1 aliphatic rings. The van der Waals surface area contributed by atoms with Gasteiger partial charge in [0.2, 0.25) is 11.6 Å². The molecule has 5 rings (SSSR count). The van der Waals surface area contributed by atoms with E-state index in [1.54, 1.807) is 30.3 Å². The third-order valence-electron chi connectivity index (χ3n) is 6.55. The molecule has 1 aliphatic heterocycles. The van der Waals surface area contributed by atoms with Crippen molar-refractivity contribution in [2.75, 3.05) is 19.6 Å². The van der Waals surface area contributed by atoms with Crippen molar-refractivity contribution in [3.05, 3.63) is 59.8 Å². The average Bonchev–Trinajstić information content (AvgIpc) is 3.57. The highest BCUT2D eigenvalue weighted by atomic mass is 19.4. The number of carbonyl (C=O) groups is 1. The number of hydrogen-bond acceptors (Lipinski definition) is 9. The van der Waals surface area contributed by atoms with Crippen LogP contribution in [0, 0.1) is 5.92 Å². The molecule has 2 atom stereocenters. The molecule has 4 heterocycles. The molecule has 0 unspecified atom stereocenters. The number of aliphatic hydroxyl groups excluding tert-OH is 1. The van der Waals surface area contributed by atoms with E-state index < -0.39 is 41.2 Å². The third-order valence-corrected chi connectivity index (χ3v) is 6.55. The van der Waals surface area contributed by atoms with Gasteiger partial charge in [0, 0.05) is 31.3 Å². The highest BCUT2D eigenvalue weighted by Gasteiger charge is 2.43. The maximum atomic E-state index is 13.9. The molecule has 10 nitrogen and oxygen atoms in total. The van der Waals surface area contributed by atoms with Gasteiger partial charge in [0.1, 0.15) is 11.3 Å². The lowest BCUT2D eigenvalue weighted by Crippen LogP contribution is -2.38. The van der Waals surface area contributed by atoms with Crippen LogP contribution < -0.4 is 0 Å². The Bertz CT molecular complexity index is 1420. The first-order valence-electron chi connectivity index (χ1n) is 12.2. The Morgan fingerprint density at radius 3 is 2.62 bits per heavy atom. The van der Waals surface area contributed by atoms with Crippen molar-refractivity contribution >= 4 is 5.97 Å². The first kappa shape index (κ1) is 26.5. The maximum Gasteiger partial charge on any atom is 0.422 e. The third kappa shape index (κ3) is 5.99. The van der Waals surface area contributed by atoms with Gasteiger partial charge < -0.3 is 24.2 Å². The van der Waals surface area contributed by atoms with Crippen molar-refractivity contribution < 1.29 is 37.2 Å². The van der Waals surface area contributed by atoms with Crippen LogP contribution in [0.15, 0.2) is 57.7 Å². The summed E-state index contributed by atoms with van der Waals surface area (Å²) >= 11 is 0. The summed E-state index contributed by atoms with van der Waals surface area (Å²) in [5, 5.41) is 27.1. The predicted octanol–water partition coefficient (Wildman–Crippen LogP) is 4.69. The summed E-state index contributed by atoms with van der Waals surface area (Å²) in [7, 11) is 0. The van der Waals surface area contributed by atoms with Gasteiger partial charge in [-0.3, -0.25) is 9.78 Å². The largest absolute Gasteiger partial charge is 0.481 e. The van der Waals surface area contributed by atoms with Crippen molar-refractivity contribution in [1.82, 2.24) is 25.2 Å². The lowest BCUT2D eigenvalue weighted by Gasteiger charge is -2.33. The minimum Gasteiger partial charge on any atom is -0.481 e. The van der Waals surface area contributed by atoms with E-state index in [2.05, 4.69) is 25.2 Å². The summed E-state index contributed by atoms with van der Waals surface area (Å²) in [5.74, 6) is -1.94. The summed E-state index contributed by atoms with van der Waals surface area (Å²) in [4.78, 5) is 21.1. The highest BCUT2D eigenvalue weighted by molar-refractivity contribution is 5.69. The Labute approximate surface area is 220 Å². The Balaban J connectivity index is 1.31.